The average molecular weight is 223 g/mol. The summed E-state index contributed by atoms with van der Waals surface area (Å²) in [6.07, 6.45) is 0.223. The number of carbonyl (C=O) groups excluding carboxylic acids is 1. The van der Waals surface area contributed by atoms with Gasteiger partial charge in [0.25, 0.3) is 5.69 Å². The maximum Gasteiger partial charge on any atom is 0.273 e. The van der Waals surface area contributed by atoms with Crippen molar-refractivity contribution in [1.82, 2.24) is 5.32 Å². The minimum Gasteiger partial charge on any atom is -0.370 e. The number of nitro benzene ring substituents is 1. The quantitative estimate of drug-likeness (QED) is 0.418. The lowest BCUT2D eigenvalue weighted by atomic mass is 10.2. The molecule has 0 radical (unpaired) electrons. The van der Waals surface area contributed by atoms with Gasteiger partial charge in [-0.1, -0.05) is 18.2 Å². The Bertz CT molecular complexity index is 393. The molecule has 0 saturated carbocycles. The van der Waals surface area contributed by atoms with E-state index >= 15 is 0 Å². The van der Waals surface area contributed by atoms with Gasteiger partial charge in [0.15, 0.2) is 0 Å². The number of primary amides is 1. The van der Waals surface area contributed by atoms with Crippen molar-refractivity contribution in [3.63, 3.8) is 0 Å². The number of nitrogens with two attached hydrogens (primary N) is 1. The first-order valence-corrected chi connectivity index (χ1v) is 4.82. The number of carbonyl (C=O) groups is 1. The minimum atomic E-state index is -0.425. The lowest BCUT2D eigenvalue weighted by Gasteiger charge is -2.04. The van der Waals surface area contributed by atoms with Crippen LogP contribution in [0.25, 0.3) is 0 Å². The van der Waals surface area contributed by atoms with Crippen LogP contribution in [0.3, 0.4) is 0 Å². The number of nitrogens with zero attached hydrogens (tertiary/aromatic N) is 1. The highest BCUT2D eigenvalue weighted by molar-refractivity contribution is 5.73. The first kappa shape index (κ1) is 12.1. The number of para-hydroxylation sites is 1. The largest absolute Gasteiger partial charge is 0.370 e. The van der Waals surface area contributed by atoms with Crippen molar-refractivity contribution in [3.8, 4) is 0 Å². The van der Waals surface area contributed by atoms with Crippen LogP contribution in [-0.2, 0) is 11.3 Å². The van der Waals surface area contributed by atoms with Gasteiger partial charge < -0.3 is 11.1 Å². The molecule has 1 amide bonds. The number of hydrogen-bond donors (Lipinski definition) is 2. The molecule has 1 aromatic rings. The summed E-state index contributed by atoms with van der Waals surface area (Å²) >= 11 is 0. The number of amides is 1. The van der Waals surface area contributed by atoms with Crippen LogP contribution in [0.2, 0.25) is 0 Å². The van der Waals surface area contributed by atoms with E-state index in [4.69, 9.17) is 5.73 Å². The van der Waals surface area contributed by atoms with Crippen LogP contribution in [0.4, 0.5) is 5.69 Å². The van der Waals surface area contributed by atoms with Gasteiger partial charge in [-0.2, -0.15) is 0 Å². The molecule has 1 rings (SSSR count). The molecule has 0 aliphatic rings. The Labute approximate surface area is 92.6 Å². The molecule has 0 aliphatic heterocycles. The predicted octanol–water partition coefficient (Wildman–Crippen LogP) is 0.560. The summed E-state index contributed by atoms with van der Waals surface area (Å²) in [6, 6.07) is 6.48. The standard InChI is InChI=1S/C10H13N3O3/c11-10(14)5-6-12-7-8-3-1-2-4-9(8)13(15)16/h1-4,12H,5-7H2,(H2,11,14). The fourth-order valence-corrected chi connectivity index (χ4v) is 1.27. The van der Waals surface area contributed by atoms with Crippen LogP contribution < -0.4 is 11.1 Å². The zero-order chi connectivity index (χ0) is 12.0. The Hall–Kier alpha value is -1.95. The molecule has 0 saturated heterocycles. The Balaban J connectivity index is 2.53. The van der Waals surface area contributed by atoms with Crippen LogP contribution in [0.1, 0.15) is 12.0 Å². The first-order chi connectivity index (χ1) is 7.61. The Kier molecular flexibility index (Phi) is 4.41. The molecule has 0 aromatic heterocycles. The summed E-state index contributed by atoms with van der Waals surface area (Å²) in [7, 11) is 0. The van der Waals surface area contributed by atoms with Gasteiger partial charge in [-0.15, -0.1) is 0 Å². The highest BCUT2D eigenvalue weighted by Gasteiger charge is 2.11. The van der Waals surface area contributed by atoms with Crippen molar-refractivity contribution >= 4 is 11.6 Å². The summed E-state index contributed by atoms with van der Waals surface area (Å²) in [5, 5.41) is 13.6. The fourth-order valence-electron chi connectivity index (χ4n) is 1.27. The molecule has 0 aliphatic carbocycles. The molecule has 6 heteroatoms. The van der Waals surface area contributed by atoms with E-state index in [0.29, 0.717) is 18.7 Å². The predicted molar refractivity (Wildman–Crippen MR) is 58.6 cm³/mol. The van der Waals surface area contributed by atoms with Crippen molar-refractivity contribution in [1.29, 1.82) is 0 Å². The molecule has 86 valence electrons. The maximum atomic E-state index is 10.7. The minimum absolute atomic E-state index is 0.0778. The molecule has 0 heterocycles. The molecule has 6 nitrogen and oxygen atoms in total. The van der Waals surface area contributed by atoms with E-state index in [1.807, 2.05) is 0 Å². The first-order valence-electron chi connectivity index (χ1n) is 4.82. The molecule has 3 N–H and O–H groups in total. The summed E-state index contributed by atoms with van der Waals surface area (Å²) in [5.74, 6) is -0.393. The van der Waals surface area contributed by atoms with Gasteiger partial charge in [0, 0.05) is 31.1 Å². The molecule has 0 unspecified atom stereocenters. The average Bonchev–Trinajstić information content (AvgIpc) is 2.24. The van der Waals surface area contributed by atoms with E-state index in [9.17, 15) is 14.9 Å². The van der Waals surface area contributed by atoms with Crippen molar-refractivity contribution in [2.24, 2.45) is 5.73 Å². The molecule has 16 heavy (non-hydrogen) atoms. The van der Waals surface area contributed by atoms with Crippen molar-refractivity contribution in [2.45, 2.75) is 13.0 Å². The summed E-state index contributed by atoms with van der Waals surface area (Å²) < 4.78 is 0. The SMILES string of the molecule is NC(=O)CCNCc1ccccc1[N+](=O)[O-]. The second-order valence-electron chi connectivity index (χ2n) is 3.28. The van der Waals surface area contributed by atoms with Crippen LogP contribution in [0.5, 0.6) is 0 Å². The van der Waals surface area contributed by atoms with E-state index < -0.39 is 10.8 Å². The summed E-state index contributed by atoms with van der Waals surface area (Å²) in [4.78, 5) is 20.7. The van der Waals surface area contributed by atoms with Crippen LogP contribution >= 0.6 is 0 Å². The van der Waals surface area contributed by atoms with Gasteiger partial charge in [-0.05, 0) is 0 Å². The zero-order valence-corrected chi connectivity index (χ0v) is 8.68. The van der Waals surface area contributed by atoms with Gasteiger partial charge in [0.2, 0.25) is 5.91 Å². The summed E-state index contributed by atoms with van der Waals surface area (Å²) in [5.41, 5.74) is 5.64. The lowest BCUT2D eigenvalue weighted by Crippen LogP contribution is -2.21. The third-order valence-corrected chi connectivity index (χ3v) is 2.05. The van der Waals surface area contributed by atoms with Crippen LogP contribution in [0.15, 0.2) is 24.3 Å². The van der Waals surface area contributed by atoms with E-state index in [1.165, 1.54) is 6.07 Å². The summed E-state index contributed by atoms with van der Waals surface area (Å²) in [6.45, 7) is 0.770. The fraction of sp³-hybridized carbons (Fsp3) is 0.300. The van der Waals surface area contributed by atoms with E-state index in [1.54, 1.807) is 18.2 Å². The van der Waals surface area contributed by atoms with Crippen LogP contribution in [-0.4, -0.2) is 17.4 Å². The highest BCUT2D eigenvalue weighted by Crippen LogP contribution is 2.16. The van der Waals surface area contributed by atoms with E-state index in [-0.39, 0.29) is 12.1 Å². The van der Waals surface area contributed by atoms with E-state index in [0.717, 1.165) is 0 Å². The third-order valence-electron chi connectivity index (χ3n) is 2.05. The van der Waals surface area contributed by atoms with Gasteiger partial charge in [-0.25, -0.2) is 0 Å². The van der Waals surface area contributed by atoms with Gasteiger partial charge in [0.05, 0.1) is 4.92 Å². The molecule has 0 fully saturated rings. The Morgan fingerprint density at radius 1 is 1.44 bits per heavy atom. The number of rotatable bonds is 6. The molecular weight excluding hydrogens is 210 g/mol. The number of nitro groups is 1. The topological polar surface area (TPSA) is 98.3 Å². The van der Waals surface area contributed by atoms with E-state index in [2.05, 4.69) is 5.32 Å². The maximum absolute atomic E-state index is 10.7. The molecule has 0 bridgehead atoms. The number of hydrogen-bond acceptors (Lipinski definition) is 4. The van der Waals surface area contributed by atoms with Gasteiger partial charge in [-0.3, -0.25) is 14.9 Å². The molecule has 0 atom stereocenters. The molecule has 0 spiro atoms. The normalized spacial score (nSPS) is 10.0. The monoisotopic (exact) mass is 223 g/mol. The molecular formula is C10H13N3O3. The number of nitrogens with one attached hydrogen (secondary N) is 1. The van der Waals surface area contributed by atoms with Crippen molar-refractivity contribution in [2.75, 3.05) is 6.54 Å². The Morgan fingerprint density at radius 2 is 2.12 bits per heavy atom. The second kappa shape index (κ2) is 5.82. The van der Waals surface area contributed by atoms with Gasteiger partial charge >= 0.3 is 0 Å². The van der Waals surface area contributed by atoms with Gasteiger partial charge in [0.1, 0.15) is 0 Å². The number of benzene rings is 1. The smallest absolute Gasteiger partial charge is 0.273 e. The molecule has 1 aromatic carbocycles. The third kappa shape index (κ3) is 3.66. The zero-order valence-electron chi connectivity index (χ0n) is 8.68. The highest BCUT2D eigenvalue weighted by atomic mass is 16.6. The van der Waals surface area contributed by atoms with Crippen molar-refractivity contribution < 1.29 is 9.72 Å². The second-order valence-corrected chi connectivity index (χ2v) is 3.28. The Morgan fingerprint density at radius 3 is 2.75 bits per heavy atom. The van der Waals surface area contributed by atoms with Crippen molar-refractivity contribution in [3.05, 3.63) is 39.9 Å². The van der Waals surface area contributed by atoms with Crippen LogP contribution in [0, 0.1) is 10.1 Å². The lowest BCUT2D eigenvalue weighted by molar-refractivity contribution is -0.385.